The number of carbonyl (C=O) groups is 1. The maximum absolute atomic E-state index is 11.9. The number of ether oxygens (including phenoxy) is 1. The Morgan fingerprint density at radius 2 is 2.00 bits per heavy atom. The van der Waals surface area contributed by atoms with E-state index in [-0.39, 0.29) is 11.9 Å². The third kappa shape index (κ3) is 4.48. The largest absolute Gasteiger partial charge is 0.466 e. The Labute approximate surface area is 128 Å². The number of hydrogen-bond acceptors (Lipinski definition) is 3. The molecule has 0 saturated heterocycles. The van der Waals surface area contributed by atoms with Crippen molar-refractivity contribution in [1.82, 2.24) is 0 Å². The average molecular weight is 289 g/mol. The van der Waals surface area contributed by atoms with Gasteiger partial charge in [-0.1, -0.05) is 32.4 Å². The Kier molecular flexibility index (Phi) is 5.66. The molecule has 116 valence electrons. The molecule has 2 rings (SSSR count). The second-order valence-corrected chi connectivity index (χ2v) is 6.23. The maximum atomic E-state index is 11.9. The van der Waals surface area contributed by atoms with Gasteiger partial charge in [-0.3, -0.25) is 4.79 Å². The molecule has 1 N–H and O–H groups in total. The predicted octanol–water partition coefficient (Wildman–Crippen LogP) is 4.34. The molecule has 2 unspecified atom stereocenters. The first-order valence-electron chi connectivity index (χ1n) is 8.13. The number of hydrogen-bond donors (Lipinski definition) is 1. The van der Waals surface area contributed by atoms with Crippen LogP contribution in [0.1, 0.15) is 57.9 Å². The molecule has 0 heterocycles. The van der Waals surface area contributed by atoms with Gasteiger partial charge in [-0.15, -0.1) is 0 Å². The number of nitrogens with one attached hydrogen (secondary N) is 1. The quantitative estimate of drug-likeness (QED) is 0.819. The minimum absolute atomic E-state index is 0.0286. The van der Waals surface area contributed by atoms with E-state index in [4.69, 9.17) is 4.74 Å². The number of anilines is 1. The van der Waals surface area contributed by atoms with E-state index in [2.05, 4.69) is 43.4 Å². The van der Waals surface area contributed by atoms with Gasteiger partial charge >= 0.3 is 5.97 Å². The van der Waals surface area contributed by atoms with Crippen LogP contribution in [0.3, 0.4) is 0 Å². The fourth-order valence-corrected chi connectivity index (χ4v) is 3.00. The van der Waals surface area contributed by atoms with Gasteiger partial charge in [-0.05, 0) is 49.8 Å². The number of rotatable bonds is 5. The van der Waals surface area contributed by atoms with E-state index in [9.17, 15) is 4.79 Å². The predicted molar refractivity (Wildman–Crippen MR) is 86.5 cm³/mol. The van der Waals surface area contributed by atoms with Gasteiger partial charge < -0.3 is 10.1 Å². The maximum Gasteiger partial charge on any atom is 0.308 e. The molecule has 0 aromatic heterocycles. The molecule has 0 bridgehead atoms. The molecule has 1 aromatic carbocycles. The molecule has 3 heteroatoms. The van der Waals surface area contributed by atoms with E-state index in [1.165, 1.54) is 5.56 Å². The normalized spacial score (nSPS) is 22.1. The molecule has 1 saturated carbocycles. The van der Waals surface area contributed by atoms with E-state index >= 15 is 0 Å². The van der Waals surface area contributed by atoms with Crippen LogP contribution in [-0.2, 0) is 9.53 Å². The van der Waals surface area contributed by atoms with Crippen molar-refractivity contribution in [2.75, 3.05) is 11.9 Å². The van der Waals surface area contributed by atoms with E-state index < -0.39 is 0 Å². The van der Waals surface area contributed by atoms with Gasteiger partial charge in [0.2, 0.25) is 0 Å². The minimum Gasteiger partial charge on any atom is -0.466 e. The van der Waals surface area contributed by atoms with Crippen molar-refractivity contribution in [3.05, 3.63) is 29.8 Å². The molecule has 0 amide bonds. The summed E-state index contributed by atoms with van der Waals surface area (Å²) in [4.78, 5) is 11.9. The summed E-state index contributed by atoms with van der Waals surface area (Å²) in [5.41, 5.74) is 2.50. The molecule has 1 fully saturated rings. The van der Waals surface area contributed by atoms with Crippen LogP contribution < -0.4 is 5.32 Å². The molecular weight excluding hydrogens is 262 g/mol. The summed E-state index contributed by atoms with van der Waals surface area (Å²) in [5.74, 6) is 0.590. The average Bonchev–Trinajstić information content (AvgIpc) is 2.48. The first-order chi connectivity index (χ1) is 10.1. The molecule has 1 aromatic rings. The lowest BCUT2D eigenvalue weighted by Gasteiger charge is -2.29. The smallest absolute Gasteiger partial charge is 0.308 e. The summed E-state index contributed by atoms with van der Waals surface area (Å²) in [5, 5.41) is 3.57. The van der Waals surface area contributed by atoms with Crippen molar-refractivity contribution in [1.29, 1.82) is 0 Å². The fourth-order valence-electron chi connectivity index (χ4n) is 3.00. The lowest BCUT2D eigenvalue weighted by Crippen LogP contribution is -2.32. The van der Waals surface area contributed by atoms with Crippen LogP contribution in [0.5, 0.6) is 0 Å². The van der Waals surface area contributed by atoms with Crippen LogP contribution in [0, 0.1) is 5.92 Å². The summed E-state index contributed by atoms with van der Waals surface area (Å²) < 4.78 is 5.16. The van der Waals surface area contributed by atoms with E-state index in [1.807, 2.05) is 6.92 Å². The van der Waals surface area contributed by atoms with Crippen LogP contribution in [0.4, 0.5) is 5.69 Å². The monoisotopic (exact) mass is 289 g/mol. The third-order valence-electron chi connectivity index (χ3n) is 4.24. The van der Waals surface area contributed by atoms with Crippen LogP contribution in [0.2, 0.25) is 0 Å². The fraction of sp³-hybridized carbons (Fsp3) is 0.611. The molecule has 0 spiro atoms. The van der Waals surface area contributed by atoms with Crippen LogP contribution in [-0.4, -0.2) is 18.6 Å². The highest BCUT2D eigenvalue weighted by molar-refractivity contribution is 5.72. The van der Waals surface area contributed by atoms with Gasteiger partial charge in [0.1, 0.15) is 0 Å². The molecule has 21 heavy (non-hydrogen) atoms. The molecular formula is C18H27NO2. The van der Waals surface area contributed by atoms with Crippen LogP contribution >= 0.6 is 0 Å². The van der Waals surface area contributed by atoms with Crippen molar-refractivity contribution >= 4 is 11.7 Å². The molecule has 3 nitrogen and oxygen atoms in total. The summed E-state index contributed by atoms with van der Waals surface area (Å²) >= 11 is 0. The highest BCUT2D eigenvalue weighted by Gasteiger charge is 2.28. The SMILES string of the molecule is CCOC(=O)C1CCCC(Nc2ccc(C(C)C)cc2)C1. The van der Waals surface area contributed by atoms with Crippen molar-refractivity contribution in [2.24, 2.45) is 5.92 Å². The summed E-state index contributed by atoms with van der Waals surface area (Å²) in [7, 11) is 0. The van der Waals surface area contributed by atoms with Crippen molar-refractivity contribution < 1.29 is 9.53 Å². The van der Waals surface area contributed by atoms with E-state index in [1.54, 1.807) is 0 Å². The van der Waals surface area contributed by atoms with Gasteiger partial charge in [0, 0.05) is 11.7 Å². The first kappa shape index (κ1) is 15.9. The highest BCUT2D eigenvalue weighted by atomic mass is 16.5. The first-order valence-corrected chi connectivity index (χ1v) is 8.13. The van der Waals surface area contributed by atoms with E-state index in [0.29, 0.717) is 18.6 Å². The van der Waals surface area contributed by atoms with Crippen molar-refractivity contribution in [3.63, 3.8) is 0 Å². The van der Waals surface area contributed by atoms with Crippen molar-refractivity contribution in [3.8, 4) is 0 Å². The Hall–Kier alpha value is -1.51. The Morgan fingerprint density at radius 1 is 1.29 bits per heavy atom. The zero-order valence-electron chi connectivity index (χ0n) is 13.4. The highest BCUT2D eigenvalue weighted by Crippen LogP contribution is 2.28. The molecule has 0 aliphatic heterocycles. The van der Waals surface area contributed by atoms with Gasteiger partial charge in [0.25, 0.3) is 0 Å². The summed E-state index contributed by atoms with van der Waals surface area (Å²) in [6, 6.07) is 9.02. The van der Waals surface area contributed by atoms with Gasteiger partial charge in [-0.2, -0.15) is 0 Å². The summed E-state index contributed by atoms with van der Waals surface area (Å²) in [6.07, 6.45) is 4.06. The zero-order chi connectivity index (χ0) is 15.2. The molecule has 1 aliphatic carbocycles. The Morgan fingerprint density at radius 3 is 2.62 bits per heavy atom. The van der Waals surface area contributed by atoms with E-state index in [0.717, 1.165) is 31.4 Å². The number of esters is 1. The lowest BCUT2D eigenvalue weighted by molar-refractivity contribution is -0.149. The molecule has 0 radical (unpaired) electrons. The second-order valence-electron chi connectivity index (χ2n) is 6.23. The zero-order valence-corrected chi connectivity index (χ0v) is 13.4. The van der Waals surface area contributed by atoms with Gasteiger partial charge in [0.05, 0.1) is 12.5 Å². The second kappa shape index (κ2) is 7.48. The van der Waals surface area contributed by atoms with Crippen LogP contribution in [0.25, 0.3) is 0 Å². The lowest BCUT2D eigenvalue weighted by atomic mass is 9.85. The molecule has 1 aliphatic rings. The Balaban J connectivity index is 1.91. The standard InChI is InChI=1S/C18H27NO2/c1-4-21-18(20)15-6-5-7-17(12-15)19-16-10-8-14(9-11-16)13(2)3/h8-11,13,15,17,19H,4-7,12H2,1-3H3. The number of benzene rings is 1. The van der Waals surface area contributed by atoms with Gasteiger partial charge in [0.15, 0.2) is 0 Å². The Bertz CT molecular complexity index is 453. The third-order valence-corrected chi connectivity index (χ3v) is 4.24. The minimum atomic E-state index is -0.0286. The molecule has 2 atom stereocenters. The topological polar surface area (TPSA) is 38.3 Å². The summed E-state index contributed by atoms with van der Waals surface area (Å²) in [6.45, 7) is 6.75. The number of carbonyl (C=O) groups excluding carboxylic acids is 1. The van der Waals surface area contributed by atoms with Crippen molar-refractivity contribution in [2.45, 2.75) is 58.4 Å². The van der Waals surface area contributed by atoms with Crippen LogP contribution in [0.15, 0.2) is 24.3 Å². The van der Waals surface area contributed by atoms with Gasteiger partial charge in [-0.25, -0.2) is 0 Å².